The lowest BCUT2D eigenvalue weighted by Gasteiger charge is -2.35. The third-order valence-corrected chi connectivity index (χ3v) is 7.16. The number of amides is 1. The highest BCUT2D eigenvalue weighted by atomic mass is 16.5. The van der Waals surface area contributed by atoms with Crippen LogP contribution in [0, 0.1) is 0 Å². The maximum atomic E-state index is 13.4. The standard InChI is InChI=1S/C29H35NO5/c1-29(2,3)22-17-19(13-16-23(22)35-5)26(31)24-25(18-11-14-21(34-4)15-12-18)30(28(33)27(24)32)20-9-7-6-8-10-20/h11-17,20,25,31H,6-10H2,1-5H3/b26-24-. The molecule has 6 nitrogen and oxygen atoms in total. The number of aliphatic hydroxyl groups is 1. The summed E-state index contributed by atoms with van der Waals surface area (Å²) < 4.78 is 10.8. The molecule has 1 atom stereocenters. The number of benzene rings is 2. The Bertz CT molecular complexity index is 1140. The zero-order valence-corrected chi connectivity index (χ0v) is 21.3. The Morgan fingerprint density at radius 2 is 1.60 bits per heavy atom. The van der Waals surface area contributed by atoms with Gasteiger partial charge < -0.3 is 19.5 Å². The van der Waals surface area contributed by atoms with Crippen LogP contribution >= 0.6 is 0 Å². The molecule has 2 aromatic rings. The van der Waals surface area contributed by atoms with Crippen LogP contribution in [0.25, 0.3) is 5.76 Å². The van der Waals surface area contributed by atoms with Crippen molar-refractivity contribution in [2.75, 3.05) is 14.2 Å². The van der Waals surface area contributed by atoms with E-state index in [1.165, 1.54) is 0 Å². The molecule has 1 aliphatic carbocycles. The third kappa shape index (κ3) is 4.66. The Hall–Kier alpha value is -3.28. The number of Topliss-reactive ketones (excluding diaryl/α,β-unsaturated/α-hetero) is 1. The van der Waals surface area contributed by atoms with Crippen LogP contribution in [0.3, 0.4) is 0 Å². The Morgan fingerprint density at radius 1 is 0.943 bits per heavy atom. The van der Waals surface area contributed by atoms with Gasteiger partial charge in [0.1, 0.15) is 17.3 Å². The van der Waals surface area contributed by atoms with Crippen LogP contribution in [0.2, 0.25) is 0 Å². The molecule has 2 fully saturated rings. The lowest BCUT2D eigenvalue weighted by atomic mass is 9.84. The summed E-state index contributed by atoms with van der Waals surface area (Å²) in [5, 5.41) is 11.5. The van der Waals surface area contributed by atoms with E-state index >= 15 is 0 Å². The number of ketones is 1. The van der Waals surface area contributed by atoms with Gasteiger partial charge in [-0.2, -0.15) is 0 Å². The number of hydrogen-bond acceptors (Lipinski definition) is 5. The molecular weight excluding hydrogens is 442 g/mol. The second-order valence-corrected chi connectivity index (χ2v) is 10.4. The molecule has 1 amide bonds. The van der Waals surface area contributed by atoms with Crippen molar-refractivity contribution in [3.8, 4) is 11.5 Å². The quantitative estimate of drug-likeness (QED) is 0.337. The first kappa shape index (κ1) is 24.8. The van der Waals surface area contributed by atoms with Gasteiger partial charge in [-0.3, -0.25) is 9.59 Å². The van der Waals surface area contributed by atoms with E-state index < -0.39 is 17.7 Å². The van der Waals surface area contributed by atoms with Crippen LogP contribution < -0.4 is 9.47 Å². The molecule has 6 heteroatoms. The molecule has 0 radical (unpaired) electrons. The van der Waals surface area contributed by atoms with E-state index in [2.05, 4.69) is 20.8 Å². The van der Waals surface area contributed by atoms with Crippen molar-refractivity contribution >= 4 is 17.4 Å². The highest BCUT2D eigenvalue weighted by Crippen LogP contribution is 2.44. The van der Waals surface area contributed by atoms with Gasteiger partial charge in [-0.25, -0.2) is 0 Å². The van der Waals surface area contributed by atoms with Crippen molar-refractivity contribution in [3.63, 3.8) is 0 Å². The highest BCUT2D eigenvalue weighted by Gasteiger charge is 2.49. The van der Waals surface area contributed by atoms with Gasteiger partial charge in [-0.05, 0) is 54.2 Å². The SMILES string of the molecule is COc1ccc(C2/C(=C(/O)c3ccc(OC)c(C(C)(C)C)c3)C(=O)C(=O)N2C2CCCCC2)cc1. The number of hydrogen-bond donors (Lipinski definition) is 1. The lowest BCUT2D eigenvalue weighted by molar-refractivity contribution is -0.141. The summed E-state index contributed by atoms with van der Waals surface area (Å²) in [6.45, 7) is 6.19. The number of nitrogens with zero attached hydrogens (tertiary/aromatic N) is 1. The fraction of sp³-hybridized carbons (Fsp3) is 0.448. The van der Waals surface area contributed by atoms with Crippen LogP contribution in [-0.2, 0) is 15.0 Å². The van der Waals surface area contributed by atoms with Gasteiger partial charge >= 0.3 is 0 Å². The molecule has 1 unspecified atom stereocenters. The van der Waals surface area contributed by atoms with Crippen molar-refractivity contribution in [1.29, 1.82) is 0 Å². The van der Waals surface area contributed by atoms with E-state index in [0.29, 0.717) is 17.1 Å². The van der Waals surface area contributed by atoms with Gasteiger partial charge in [0, 0.05) is 17.2 Å². The number of rotatable bonds is 5. The van der Waals surface area contributed by atoms with Gasteiger partial charge in [0.15, 0.2) is 0 Å². The lowest BCUT2D eigenvalue weighted by Crippen LogP contribution is -2.40. The third-order valence-electron chi connectivity index (χ3n) is 7.16. The van der Waals surface area contributed by atoms with E-state index in [1.807, 2.05) is 30.3 Å². The average molecular weight is 478 g/mol. The summed E-state index contributed by atoms with van der Waals surface area (Å²) in [5.41, 5.74) is 2.07. The first-order valence-corrected chi connectivity index (χ1v) is 12.3. The van der Waals surface area contributed by atoms with Crippen molar-refractivity contribution in [1.82, 2.24) is 4.90 Å². The Morgan fingerprint density at radius 3 is 2.17 bits per heavy atom. The molecule has 1 heterocycles. The van der Waals surface area contributed by atoms with Crippen LogP contribution in [0.4, 0.5) is 0 Å². The maximum absolute atomic E-state index is 13.4. The van der Waals surface area contributed by atoms with Crippen LogP contribution in [0.15, 0.2) is 48.0 Å². The van der Waals surface area contributed by atoms with E-state index in [-0.39, 0.29) is 22.8 Å². The second kappa shape index (κ2) is 9.76. The molecule has 1 N–H and O–H groups in total. The number of aliphatic hydroxyl groups excluding tert-OH is 1. The minimum absolute atomic E-state index is 0.0291. The number of carbonyl (C=O) groups is 2. The van der Waals surface area contributed by atoms with Gasteiger partial charge in [-0.15, -0.1) is 0 Å². The molecule has 2 aliphatic rings. The number of ether oxygens (including phenoxy) is 2. The molecule has 1 aliphatic heterocycles. The Labute approximate surface area is 207 Å². The number of carbonyl (C=O) groups excluding carboxylic acids is 2. The van der Waals surface area contributed by atoms with Gasteiger partial charge in [-0.1, -0.05) is 52.2 Å². The van der Waals surface area contributed by atoms with E-state index in [0.717, 1.165) is 43.2 Å². The van der Waals surface area contributed by atoms with Crippen molar-refractivity contribution in [2.45, 2.75) is 70.4 Å². The first-order chi connectivity index (χ1) is 16.7. The van der Waals surface area contributed by atoms with Crippen LogP contribution in [0.1, 0.15) is 75.6 Å². The number of methoxy groups -OCH3 is 2. The smallest absolute Gasteiger partial charge is 0.295 e. The van der Waals surface area contributed by atoms with Crippen molar-refractivity contribution in [3.05, 3.63) is 64.7 Å². The molecule has 0 bridgehead atoms. The van der Waals surface area contributed by atoms with Crippen molar-refractivity contribution < 1.29 is 24.2 Å². The summed E-state index contributed by atoms with van der Waals surface area (Å²) in [4.78, 5) is 28.5. The van der Waals surface area contributed by atoms with Crippen molar-refractivity contribution in [2.24, 2.45) is 0 Å². The summed E-state index contributed by atoms with van der Waals surface area (Å²) >= 11 is 0. The predicted octanol–water partition coefficient (Wildman–Crippen LogP) is 5.76. The van der Waals surface area contributed by atoms with E-state index in [9.17, 15) is 14.7 Å². The zero-order valence-electron chi connectivity index (χ0n) is 21.3. The van der Waals surface area contributed by atoms with E-state index in [1.54, 1.807) is 31.3 Å². The topological polar surface area (TPSA) is 76.1 Å². The summed E-state index contributed by atoms with van der Waals surface area (Å²) in [6, 6.07) is 12.1. The summed E-state index contributed by atoms with van der Waals surface area (Å²) in [6.07, 6.45) is 4.90. The predicted molar refractivity (Wildman–Crippen MR) is 136 cm³/mol. The molecule has 2 aromatic carbocycles. The fourth-order valence-electron chi connectivity index (χ4n) is 5.30. The zero-order chi connectivity index (χ0) is 25.3. The molecule has 0 aromatic heterocycles. The molecular formula is C29H35NO5. The van der Waals surface area contributed by atoms with Crippen LogP contribution in [0.5, 0.6) is 11.5 Å². The first-order valence-electron chi connectivity index (χ1n) is 12.3. The highest BCUT2D eigenvalue weighted by molar-refractivity contribution is 6.46. The Balaban J connectivity index is 1.89. The largest absolute Gasteiger partial charge is 0.507 e. The molecule has 0 spiro atoms. The molecule has 186 valence electrons. The number of likely N-dealkylation sites (tertiary alicyclic amines) is 1. The molecule has 1 saturated heterocycles. The van der Waals surface area contributed by atoms with E-state index in [4.69, 9.17) is 9.47 Å². The fourth-order valence-corrected chi connectivity index (χ4v) is 5.30. The normalized spacial score (nSPS) is 20.8. The minimum atomic E-state index is -0.649. The van der Waals surface area contributed by atoms with Gasteiger partial charge in [0.2, 0.25) is 0 Å². The molecule has 1 saturated carbocycles. The monoisotopic (exact) mass is 477 g/mol. The Kier molecular flexibility index (Phi) is 6.93. The van der Waals surface area contributed by atoms with Gasteiger partial charge in [0.25, 0.3) is 11.7 Å². The van der Waals surface area contributed by atoms with Gasteiger partial charge in [0.05, 0.1) is 25.8 Å². The summed E-state index contributed by atoms with van der Waals surface area (Å²) in [5.74, 6) is 0.0678. The minimum Gasteiger partial charge on any atom is -0.507 e. The average Bonchev–Trinajstić information content (AvgIpc) is 3.13. The molecule has 35 heavy (non-hydrogen) atoms. The van der Waals surface area contributed by atoms with Crippen LogP contribution in [-0.4, -0.2) is 42.0 Å². The molecule has 4 rings (SSSR count). The summed E-state index contributed by atoms with van der Waals surface area (Å²) in [7, 11) is 3.21. The second-order valence-electron chi connectivity index (χ2n) is 10.4. The maximum Gasteiger partial charge on any atom is 0.295 e.